The second kappa shape index (κ2) is 5.15. The molecule has 0 N–H and O–H groups in total. The third-order valence-corrected chi connectivity index (χ3v) is 4.11. The van der Waals surface area contributed by atoms with Crippen LogP contribution in [0.5, 0.6) is 0 Å². The number of halogens is 2. The molecule has 0 saturated heterocycles. The molecule has 0 bridgehead atoms. The predicted octanol–water partition coefficient (Wildman–Crippen LogP) is 4.83. The lowest BCUT2D eigenvalue weighted by molar-refractivity contribution is 0.620. The zero-order chi connectivity index (χ0) is 15.1. The van der Waals surface area contributed by atoms with Crippen LogP contribution in [-0.4, -0.2) is 9.55 Å². The summed E-state index contributed by atoms with van der Waals surface area (Å²) >= 11 is 6.03. The molecule has 0 spiro atoms. The Labute approximate surface area is 128 Å². The monoisotopic (exact) mass is 302 g/mol. The van der Waals surface area contributed by atoms with Crippen molar-refractivity contribution in [3.63, 3.8) is 0 Å². The lowest BCUT2D eigenvalue weighted by Gasteiger charge is -2.10. The fraction of sp³-hybridized carbons (Fsp3) is 0.235. The molecule has 0 aliphatic rings. The van der Waals surface area contributed by atoms with Gasteiger partial charge in [-0.2, -0.15) is 0 Å². The maximum Gasteiger partial charge on any atom is 0.129 e. The Morgan fingerprint density at radius 3 is 2.48 bits per heavy atom. The summed E-state index contributed by atoms with van der Waals surface area (Å²) < 4.78 is 15.7. The van der Waals surface area contributed by atoms with Gasteiger partial charge < -0.3 is 0 Å². The molecule has 0 unspecified atom stereocenters. The fourth-order valence-electron chi connectivity index (χ4n) is 2.49. The summed E-state index contributed by atoms with van der Waals surface area (Å²) in [4.78, 5) is 4.45. The second-order valence-electron chi connectivity index (χ2n) is 5.36. The summed E-state index contributed by atoms with van der Waals surface area (Å²) in [5.41, 5.74) is 5.56. The number of hydrogen-bond donors (Lipinski definition) is 0. The topological polar surface area (TPSA) is 17.8 Å². The maximum absolute atomic E-state index is 13.7. The van der Waals surface area contributed by atoms with E-state index in [2.05, 4.69) is 31.0 Å². The number of fused-ring (bicyclic) bond motifs is 1. The van der Waals surface area contributed by atoms with Gasteiger partial charge in [-0.15, -0.1) is 11.6 Å². The van der Waals surface area contributed by atoms with Crippen LogP contribution in [0.25, 0.3) is 16.7 Å². The van der Waals surface area contributed by atoms with Crippen LogP contribution in [0.4, 0.5) is 4.39 Å². The highest BCUT2D eigenvalue weighted by molar-refractivity contribution is 6.17. The summed E-state index contributed by atoms with van der Waals surface area (Å²) in [6.45, 7) is 5.91. The van der Waals surface area contributed by atoms with Gasteiger partial charge in [0.05, 0.1) is 16.9 Å². The predicted molar refractivity (Wildman–Crippen MR) is 84.8 cm³/mol. The molecule has 0 aliphatic carbocycles. The average Bonchev–Trinajstić information content (AvgIpc) is 2.80. The van der Waals surface area contributed by atoms with Gasteiger partial charge in [-0.05, 0) is 55.7 Å². The summed E-state index contributed by atoms with van der Waals surface area (Å²) in [5, 5.41) is 0. The van der Waals surface area contributed by atoms with Crippen molar-refractivity contribution in [1.29, 1.82) is 0 Å². The van der Waals surface area contributed by atoms with Crippen molar-refractivity contribution < 1.29 is 4.39 Å². The van der Waals surface area contributed by atoms with Crippen molar-refractivity contribution in [2.45, 2.75) is 26.7 Å². The minimum absolute atomic E-state index is 0.242. The van der Waals surface area contributed by atoms with E-state index in [1.165, 1.54) is 17.2 Å². The van der Waals surface area contributed by atoms with Crippen LogP contribution < -0.4 is 0 Å². The zero-order valence-corrected chi connectivity index (χ0v) is 13.0. The molecule has 2 nitrogen and oxygen atoms in total. The van der Waals surface area contributed by atoms with E-state index in [4.69, 9.17) is 11.6 Å². The maximum atomic E-state index is 13.7. The van der Waals surface area contributed by atoms with E-state index >= 15 is 0 Å². The SMILES string of the molecule is Cc1ccc(-n2c(CCl)nc3cc(F)c(C)cc32)cc1C. The number of alkyl halides is 1. The molecule has 0 amide bonds. The number of hydrogen-bond acceptors (Lipinski definition) is 1. The molecule has 1 aromatic heterocycles. The van der Waals surface area contributed by atoms with Crippen molar-refractivity contribution in [2.75, 3.05) is 0 Å². The number of aromatic nitrogens is 2. The van der Waals surface area contributed by atoms with Gasteiger partial charge in [-0.3, -0.25) is 4.57 Å². The van der Waals surface area contributed by atoms with Gasteiger partial charge in [-0.25, -0.2) is 9.37 Å². The van der Waals surface area contributed by atoms with Gasteiger partial charge >= 0.3 is 0 Å². The van der Waals surface area contributed by atoms with Crippen molar-refractivity contribution >= 4 is 22.6 Å². The first-order valence-corrected chi connectivity index (χ1v) is 7.36. The number of aryl methyl sites for hydroxylation is 3. The Hall–Kier alpha value is -1.87. The molecule has 2 aromatic carbocycles. The molecule has 0 atom stereocenters. The van der Waals surface area contributed by atoms with Gasteiger partial charge in [-0.1, -0.05) is 6.07 Å². The van der Waals surface area contributed by atoms with E-state index in [1.807, 2.05) is 16.7 Å². The summed E-state index contributed by atoms with van der Waals surface area (Å²) in [6, 6.07) is 9.51. The van der Waals surface area contributed by atoms with E-state index in [9.17, 15) is 4.39 Å². The van der Waals surface area contributed by atoms with Crippen molar-refractivity contribution in [1.82, 2.24) is 9.55 Å². The molecule has 108 valence electrons. The van der Waals surface area contributed by atoms with Crippen LogP contribution >= 0.6 is 11.6 Å². The molecule has 0 aliphatic heterocycles. The first-order chi connectivity index (χ1) is 10.0. The minimum Gasteiger partial charge on any atom is -0.295 e. The molecule has 1 heterocycles. The lowest BCUT2D eigenvalue weighted by Crippen LogP contribution is -2.00. The highest BCUT2D eigenvalue weighted by Gasteiger charge is 2.14. The highest BCUT2D eigenvalue weighted by atomic mass is 35.5. The smallest absolute Gasteiger partial charge is 0.129 e. The van der Waals surface area contributed by atoms with Crippen LogP contribution in [0.3, 0.4) is 0 Å². The van der Waals surface area contributed by atoms with Gasteiger partial charge in [0, 0.05) is 11.8 Å². The number of nitrogens with zero attached hydrogens (tertiary/aromatic N) is 2. The normalized spacial score (nSPS) is 11.3. The van der Waals surface area contributed by atoms with Crippen molar-refractivity contribution in [3.05, 3.63) is 58.7 Å². The Balaban J connectivity index is 2.34. The van der Waals surface area contributed by atoms with Crippen molar-refractivity contribution in [2.24, 2.45) is 0 Å². The molecule has 0 radical (unpaired) electrons. The summed E-state index contributed by atoms with van der Waals surface area (Å²) in [6.07, 6.45) is 0. The number of rotatable bonds is 2. The average molecular weight is 303 g/mol. The quantitative estimate of drug-likeness (QED) is 0.620. The Morgan fingerprint density at radius 2 is 1.81 bits per heavy atom. The van der Waals surface area contributed by atoms with Gasteiger partial charge in [0.1, 0.15) is 11.6 Å². The van der Waals surface area contributed by atoms with E-state index in [-0.39, 0.29) is 11.7 Å². The highest BCUT2D eigenvalue weighted by Crippen LogP contribution is 2.26. The van der Waals surface area contributed by atoms with E-state index in [1.54, 1.807) is 6.92 Å². The van der Waals surface area contributed by atoms with Crippen molar-refractivity contribution in [3.8, 4) is 5.69 Å². The van der Waals surface area contributed by atoms with Gasteiger partial charge in [0.25, 0.3) is 0 Å². The van der Waals surface area contributed by atoms with E-state index < -0.39 is 0 Å². The number of benzene rings is 2. The van der Waals surface area contributed by atoms with E-state index in [0.29, 0.717) is 11.1 Å². The first kappa shape index (κ1) is 14.1. The van der Waals surface area contributed by atoms with Crippen LogP contribution in [-0.2, 0) is 5.88 Å². The third kappa shape index (κ3) is 2.32. The molecular formula is C17H16ClFN2. The molecule has 4 heteroatoms. The van der Waals surface area contributed by atoms with Crippen LogP contribution in [0.15, 0.2) is 30.3 Å². The second-order valence-corrected chi connectivity index (χ2v) is 5.62. The number of imidazole rings is 1. The fourth-order valence-corrected chi connectivity index (χ4v) is 2.67. The summed E-state index contributed by atoms with van der Waals surface area (Å²) in [5.74, 6) is 0.760. The Morgan fingerprint density at radius 1 is 1.05 bits per heavy atom. The first-order valence-electron chi connectivity index (χ1n) is 6.82. The standard InChI is InChI=1S/C17H16ClFN2/c1-10-4-5-13(6-11(10)2)21-16-7-12(3)14(19)8-15(16)20-17(21)9-18/h4-8H,9H2,1-3H3. The molecule has 3 rings (SSSR count). The molecule has 0 saturated carbocycles. The Bertz CT molecular complexity index is 836. The van der Waals surface area contributed by atoms with Crippen LogP contribution in [0, 0.1) is 26.6 Å². The Kier molecular flexibility index (Phi) is 3.46. The van der Waals surface area contributed by atoms with Gasteiger partial charge in [0.15, 0.2) is 0 Å². The summed E-state index contributed by atoms with van der Waals surface area (Å²) in [7, 11) is 0. The minimum atomic E-state index is -0.242. The molecular weight excluding hydrogens is 287 g/mol. The van der Waals surface area contributed by atoms with Crippen LogP contribution in [0.1, 0.15) is 22.5 Å². The molecule has 21 heavy (non-hydrogen) atoms. The third-order valence-electron chi connectivity index (χ3n) is 3.87. The molecule has 0 fully saturated rings. The van der Waals surface area contributed by atoms with E-state index in [0.717, 1.165) is 17.0 Å². The lowest BCUT2D eigenvalue weighted by atomic mass is 10.1. The zero-order valence-electron chi connectivity index (χ0n) is 12.2. The largest absolute Gasteiger partial charge is 0.295 e. The van der Waals surface area contributed by atoms with Crippen LogP contribution in [0.2, 0.25) is 0 Å². The molecule has 3 aromatic rings. The van der Waals surface area contributed by atoms with Gasteiger partial charge in [0.2, 0.25) is 0 Å².